The highest BCUT2D eigenvalue weighted by molar-refractivity contribution is 5.85. The van der Waals surface area contributed by atoms with Crippen LogP contribution in [0, 0.1) is 0 Å². The van der Waals surface area contributed by atoms with E-state index in [1.165, 1.54) is 13.2 Å². The van der Waals surface area contributed by atoms with E-state index in [0.717, 1.165) is 0 Å². The van der Waals surface area contributed by atoms with Crippen LogP contribution in [0.25, 0.3) is 0 Å². The summed E-state index contributed by atoms with van der Waals surface area (Å²) in [5.74, 6) is -1.02. The first-order chi connectivity index (χ1) is 5.74. The molecule has 1 aromatic heterocycles. The van der Waals surface area contributed by atoms with E-state index in [-0.39, 0.29) is 5.69 Å². The second-order valence-corrected chi connectivity index (χ2v) is 2.25. The molecule has 0 radical (unpaired) electrons. The van der Waals surface area contributed by atoms with E-state index in [9.17, 15) is 4.79 Å². The number of ether oxygens (including phenoxy) is 1. The van der Waals surface area contributed by atoms with E-state index in [1.807, 2.05) is 0 Å². The number of methoxy groups -OCH3 is 1. The third kappa shape index (κ3) is 2.03. The third-order valence-electron chi connectivity index (χ3n) is 1.32. The molecule has 1 N–H and O–H groups in total. The average molecular weight is 167 g/mol. The highest BCUT2D eigenvalue weighted by Gasteiger charge is 2.03. The van der Waals surface area contributed by atoms with E-state index in [0.29, 0.717) is 12.3 Å². The summed E-state index contributed by atoms with van der Waals surface area (Å²) >= 11 is 0. The zero-order valence-electron chi connectivity index (χ0n) is 6.65. The van der Waals surface area contributed by atoms with Gasteiger partial charge in [-0.2, -0.15) is 0 Å². The summed E-state index contributed by atoms with van der Waals surface area (Å²) < 4.78 is 4.81. The van der Waals surface area contributed by atoms with Crippen molar-refractivity contribution in [2.45, 2.75) is 6.61 Å². The number of hydrogen-bond acceptors (Lipinski definition) is 3. The molecule has 0 aliphatic rings. The Morgan fingerprint density at radius 2 is 2.42 bits per heavy atom. The Morgan fingerprint density at radius 3 is 3.00 bits per heavy atom. The molecule has 64 valence electrons. The van der Waals surface area contributed by atoms with Gasteiger partial charge in [0.05, 0.1) is 12.3 Å². The van der Waals surface area contributed by atoms with Gasteiger partial charge in [0.25, 0.3) is 0 Å². The van der Waals surface area contributed by atoms with E-state index in [2.05, 4.69) is 4.98 Å². The van der Waals surface area contributed by atoms with E-state index >= 15 is 0 Å². The van der Waals surface area contributed by atoms with Crippen molar-refractivity contribution in [3.63, 3.8) is 0 Å². The predicted molar refractivity (Wildman–Crippen MR) is 41.9 cm³/mol. The van der Waals surface area contributed by atoms with Crippen LogP contribution >= 0.6 is 0 Å². The molecule has 0 saturated carbocycles. The summed E-state index contributed by atoms with van der Waals surface area (Å²) in [5, 5.41) is 8.57. The van der Waals surface area contributed by atoms with Crippen LogP contribution < -0.4 is 0 Å². The van der Waals surface area contributed by atoms with Crippen molar-refractivity contribution < 1.29 is 14.6 Å². The molecular weight excluding hydrogens is 158 g/mol. The molecule has 12 heavy (non-hydrogen) atoms. The summed E-state index contributed by atoms with van der Waals surface area (Å²) in [6, 6.07) is 4.81. The van der Waals surface area contributed by atoms with Crippen LogP contribution in [-0.4, -0.2) is 23.2 Å². The fourth-order valence-electron chi connectivity index (χ4n) is 0.827. The molecule has 1 aromatic rings. The Bertz CT molecular complexity index is 285. The van der Waals surface area contributed by atoms with Gasteiger partial charge in [-0.15, -0.1) is 0 Å². The molecule has 1 heterocycles. The Labute approximate surface area is 69.8 Å². The SMILES string of the molecule is COCc1cccc(C(=O)O)n1. The van der Waals surface area contributed by atoms with E-state index < -0.39 is 5.97 Å². The van der Waals surface area contributed by atoms with Gasteiger partial charge in [-0.3, -0.25) is 0 Å². The third-order valence-corrected chi connectivity index (χ3v) is 1.32. The Hall–Kier alpha value is -1.42. The van der Waals surface area contributed by atoms with Crippen LogP contribution in [0.15, 0.2) is 18.2 Å². The van der Waals surface area contributed by atoms with Crippen LogP contribution in [0.5, 0.6) is 0 Å². The lowest BCUT2D eigenvalue weighted by atomic mass is 10.3. The predicted octanol–water partition coefficient (Wildman–Crippen LogP) is 0.926. The smallest absolute Gasteiger partial charge is 0.354 e. The number of pyridine rings is 1. The minimum absolute atomic E-state index is 0.0459. The first-order valence-electron chi connectivity index (χ1n) is 3.42. The Kier molecular flexibility index (Phi) is 2.76. The van der Waals surface area contributed by atoms with Crippen molar-refractivity contribution in [3.8, 4) is 0 Å². The standard InChI is InChI=1S/C8H9NO3/c1-12-5-6-3-2-4-7(9-6)8(10)11/h2-4H,5H2,1H3,(H,10,11). The Balaban J connectivity index is 2.88. The van der Waals surface area contributed by atoms with Crippen molar-refractivity contribution in [2.75, 3.05) is 7.11 Å². The number of carboxylic acid groups (broad SMARTS) is 1. The molecule has 1 rings (SSSR count). The molecule has 0 aliphatic carbocycles. The first-order valence-corrected chi connectivity index (χ1v) is 3.42. The van der Waals surface area contributed by atoms with Gasteiger partial charge >= 0.3 is 5.97 Å². The minimum Gasteiger partial charge on any atom is -0.477 e. The molecule has 0 spiro atoms. The maximum Gasteiger partial charge on any atom is 0.354 e. The average Bonchev–Trinajstić information content (AvgIpc) is 2.05. The van der Waals surface area contributed by atoms with Crippen molar-refractivity contribution >= 4 is 5.97 Å². The quantitative estimate of drug-likeness (QED) is 0.727. The number of nitrogens with zero attached hydrogens (tertiary/aromatic N) is 1. The van der Waals surface area contributed by atoms with Gasteiger partial charge in [0.2, 0.25) is 0 Å². The number of aromatic nitrogens is 1. The van der Waals surface area contributed by atoms with Crippen LogP contribution in [0.4, 0.5) is 0 Å². The highest BCUT2D eigenvalue weighted by Crippen LogP contribution is 2.00. The molecule has 4 heteroatoms. The van der Waals surface area contributed by atoms with Crippen molar-refractivity contribution in [2.24, 2.45) is 0 Å². The molecule has 0 aromatic carbocycles. The first kappa shape index (κ1) is 8.67. The number of carbonyl (C=O) groups is 1. The summed E-state index contributed by atoms with van der Waals surface area (Å²) in [6.45, 7) is 0.334. The molecule has 0 aliphatic heterocycles. The highest BCUT2D eigenvalue weighted by atomic mass is 16.5. The lowest BCUT2D eigenvalue weighted by Crippen LogP contribution is -2.02. The maximum absolute atomic E-state index is 10.5. The topological polar surface area (TPSA) is 59.4 Å². The number of rotatable bonds is 3. The van der Waals surface area contributed by atoms with Gasteiger partial charge in [0.15, 0.2) is 0 Å². The Morgan fingerprint density at radius 1 is 1.67 bits per heavy atom. The molecule has 0 fully saturated rings. The zero-order valence-corrected chi connectivity index (χ0v) is 6.65. The molecule has 0 saturated heterocycles. The molecule has 0 unspecified atom stereocenters. The lowest BCUT2D eigenvalue weighted by Gasteiger charge is -1.98. The van der Waals surface area contributed by atoms with Crippen LogP contribution in [0.2, 0.25) is 0 Å². The fourth-order valence-corrected chi connectivity index (χ4v) is 0.827. The summed E-state index contributed by atoms with van der Waals surface area (Å²) in [7, 11) is 1.54. The fraction of sp³-hybridized carbons (Fsp3) is 0.250. The van der Waals surface area contributed by atoms with Crippen LogP contribution in [0.1, 0.15) is 16.2 Å². The number of carboxylic acids is 1. The maximum atomic E-state index is 10.5. The summed E-state index contributed by atoms with van der Waals surface area (Å²) in [4.78, 5) is 14.3. The molecule has 0 bridgehead atoms. The van der Waals surface area contributed by atoms with E-state index in [4.69, 9.17) is 9.84 Å². The van der Waals surface area contributed by atoms with Crippen molar-refractivity contribution in [1.29, 1.82) is 0 Å². The summed E-state index contributed by atoms with van der Waals surface area (Å²) in [6.07, 6.45) is 0. The van der Waals surface area contributed by atoms with Crippen molar-refractivity contribution in [1.82, 2.24) is 4.98 Å². The van der Waals surface area contributed by atoms with Crippen LogP contribution in [-0.2, 0) is 11.3 Å². The summed E-state index contributed by atoms with van der Waals surface area (Å²) in [5.41, 5.74) is 0.668. The van der Waals surface area contributed by atoms with Gasteiger partial charge in [-0.05, 0) is 12.1 Å². The van der Waals surface area contributed by atoms with Gasteiger partial charge in [-0.1, -0.05) is 6.07 Å². The van der Waals surface area contributed by atoms with Gasteiger partial charge < -0.3 is 9.84 Å². The minimum atomic E-state index is -1.02. The van der Waals surface area contributed by atoms with E-state index in [1.54, 1.807) is 12.1 Å². The van der Waals surface area contributed by atoms with Gasteiger partial charge in [-0.25, -0.2) is 9.78 Å². The number of aromatic carboxylic acids is 1. The lowest BCUT2D eigenvalue weighted by molar-refractivity contribution is 0.0689. The van der Waals surface area contributed by atoms with Gasteiger partial charge in [0, 0.05) is 7.11 Å². The van der Waals surface area contributed by atoms with Gasteiger partial charge in [0.1, 0.15) is 5.69 Å². The van der Waals surface area contributed by atoms with Crippen LogP contribution in [0.3, 0.4) is 0 Å². The molecule has 4 nitrogen and oxygen atoms in total. The largest absolute Gasteiger partial charge is 0.477 e. The molecule has 0 atom stereocenters. The zero-order chi connectivity index (χ0) is 8.97. The van der Waals surface area contributed by atoms with Crippen molar-refractivity contribution in [3.05, 3.63) is 29.6 Å². The normalized spacial score (nSPS) is 9.75. The molecule has 0 amide bonds. The number of hydrogen-bond donors (Lipinski definition) is 1. The second kappa shape index (κ2) is 3.82. The monoisotopic (exact) mass is 167 g/mol. The second-order valence-electron chi connectivity index (χ2n) is 2.25. The molecular formula is C8H9NO3.